The number of nitrogens with zero attached hydrogens (tertiary/aromatic N) is 2. The minimum atomic E-state index is 0. The fourth-order valence-electron chi connectivity index (χ4n) is 1.71. The lowest BCUT2D eigenvalue weighted by molar-refractivity contribution is 1.05. The van der Waals surface area contributed by atoms with E-state index in [2.05, 4.69) is 15.0 Å². The van der Waals surface area contributed by atoms with Crippen LogP contribution in [0.2, 0.25) is 0 Å². The molecule has 0 aliphatic carbocycles. The number of aromatic amines is 1. The van der Waals surface area contributed by atoms with E-state index in [-0.39, 0.29) is 18.2 Å². The Bertz CT molecular complexity index is 722. The summed E-state index contributed by atoms with van der Waals surface area (Å²) in [6.45, 7) is 0. The third-order valence-corrected chi connectivity index (χ3v) is 3.43. The van der Waals surface area contributed by atoms with Crippen LogP contribution in [0.1, 0.15) is 5.56 Å². The van der Waals surface area contributed by atoms with Crippen molar-refractivity contribution in [3.63, 3.8) is 0 Å². The van der Waals surface area contributed by atoms with Crippen LogP contribution in [0.3, 0.4) is 0 Å². The molecular weight excluding hydrogens is 294 g/mol. The molecule has 0 unspecified atom stereocenters. The first-order valence-corrected chi connectivity index (χ1v) is 6.47. The van der Waals surface area contributed by atoms with Crippen LogP contribution in [0.25, 0.3) is 11.0 Å². The van der Waals surface area contributed by atoms with Crippen LogP contribution < -0.4 is 5.73 Å². The summed E-state index contributed by atoms with van der Waals surface area (Å²) in [5.74, 6) is 0.0360. The van der Waals surface area contributed by atoms with Crippen LogP contribution in [0.15, 0.2) is 52.8 Å². The monoisotopic (exact) mass is 305 g/mol. The second kappa shape index (κ2) is 5.94. The number of fused-ring (bicyclic) bond motifs is 1. The predicted molar refractivity (Wildman–Crippen MR) is 82.7 cm³/mol. The normalized spacial score (nSPS) is 10.2. The molecule has 2 aromatic heterocycles. The number of H-pyrrole nitrogens is 1. The van der Waals surface area contributed by atoms with Crippen LogP contribution in [0.5, 0.6) is 0 Å². The van der Waals surface area contributed by atoms with Gasteiger partial charge < -0.3 is 10.7 Å². The number of hydrogen-bond donors (Lipinski definition) is 3. The fourth-order valence-corrected chi connectivity index (χ4v) is 2.51. The molecule has 20 heavy (non-hydrogen) atoms. The number of amidine groups is 1. The molecule has 3 rings (SSSR count). The second-order valence-electron chi connectivity index (χ2n) is 3.96. The first-order valence-electron chi connectivity index (χ1n) is 5.65. The zero-order chi connectivity index (χ0) is 13.2. The molecule has 0 radical (unpaired) electrons. The molecule has 0 atom stereocenters. The third kappa shape index (κ3) is 2.92. The Morgan fingerprint density at radius 1 is 1.25 bits per heavy atom. The van der Waals surface area contributed by atoms with E-state index in [1.165, 1.54) is 11.8 Å². The first-order chi connectivity index (χ1) is 9.22. The summed E-state index contributed by atoms with van der Waals surface area (Å²) in [7, 11) is 0. The number of benzene rings is 1. The van der Waals surface area contributed by atoms with Gasteiger partial charge in [0.05, 0.1) is 11.0 Å². The summed E-state index contributed by atoms with van der Waals surface area (Å²) < 4.78 is 0. The summed E-state index contributed by atoms with van der Waals surface area (Å²) in [5, 5.41) is 8.95. The summed E-state index contributed by atoms with van der Waals surface area (Å²) in [6, 6.07) is 11.3. The summed E-state index contributed by atoms with van der Waals surface area (Å²) in [5.41, 5.74) is 8.04. The molecule has 0 fully saturated rings. The summed E-state index contributed by atoms with van der Waals surface area (Å²) in [4.78, 5) is 11.9. The molecule has 0 aliphatic heterocycles. The smallest absolute Gasteiger partial charge is 0.172 e. The van der Waals surface area contributed by atoms with Crippen molar-refractivity contribution in [2.75, 3.05) is 0 Å². The molecule has 7 heteroatoms. The lowest BCUT2D eigenvalue weighted by Gasteiger charge is -2.00. The van der Waals surface area contributed by atoms with Crippen LogP contribution in [0.4, 0.5) is 0 Å². The topological polar surface area (TPSA) is 91.4 Å². The number of rotatable bonds is 3. The number of hydrogen-bond acceptors (Lipinski definition) is 4. The average Bonchev–Trinajstić information content (AvgIpc) is 2.81. The van der Waals surface area contributed by atoms with E-state index in [0.29, 0.717) is 5.56 Å². The van der Waals surface area contributed by atoms with Gasteiger partial charge in [-0.1, -0.05) is 12.1 Å². The molecule has 5 nitrogen and oxygen atoms in total. The maximum Gasteiger partial charge on any atom is 0.172 e. The highest BCUT2D eigenvalue weighted by Crippen LogP contribution is 2.25. The standard InChI is InChI=1S/C13H11N5S.ClH/c14-12(15)8-5-6-16-11(7-8)19-13-17-9-3-1-2-4-10(9)18-13;/h1-7H,(H3,14,15)(H,17,18);1H. The van der Waals surface area contributed by atoms with Gasteiger partial charge in [0.2, 0.25) is 0 Å². The van der Waals surface area contributed by atoms with E-state index in [4.69, 9.17) is 11.1 Å². The molecule has 0 spiro atoms. The van der Waals surface area contributed by atoms with Crippen LogP contribution >= 0.6 is 24.2 Å². The van der Waals surface area contributed by atoms with E-state index in [9.17, 15) is 0 Å². The number of nitrogen functional groups attached to an aromatic ring is 1. The third-order valence-electron chi connectivity index (χ3n) is 2.61. The first kappa shape index (κ1) is 14.4. The minimum Gasteiger partial charge on any atom is -0.384 e. The molecule has 2 heterocycles. The Morgan fingerprint density at radius 3 is 2.80 bits per heavy atom. The van der Waals surface area contributed by atoms with Gasteiger partial charge in [-0.25, -0.2) is 9.97 Å². The van der Waals surface area contributed by atoms with Crippen molar-refractivity contribution in [1.29, 1.82) is 5.41 Å². The van der Waals surface area contributed by atoms with Crippen molar-refractivity contribution < 1.29 is 0 Å². The van der Waals surface area contributed by atoms with E-state index in [1.54, 1.807) is 18.3 Å². The van der Waals surface area contributed by atoms with Crippen molar-refractivity contribution in [2.24, 2.45) is 5.73 Å². The van der Waals surface area contributed by atoms with Gasteiger partial charge in [-0.05, 0) is 36.0 Å². The Balaban J connectivity index is 0.00000147. The number of aromatic nitrogens is 3. The summed E-state index contributed by atoms with van der Waals surface area (Å²) >= 11 is 1.41. The number of halogens is 1. The van der Waals surface area contributed by atoms with Gasteiger partial charge in [0, 0.05) is 11.8 Å². The largest absolute Gasteiger partial charge is 0.384 e. The molecule has 4 N–H and O–H groups in total. The van der Waals surface area contributed by atoms with E-state index >= 15 is 0 Å². The van der Waals surface area contributed by atoms with Gasteiger partial charge in [0.25, 0.3) is 0 Å². The van der Waals surface area contributed by atoms with Crippen molar-refractivity contribution >= 4 is 41.0 Å². The SMILES string of the molecule is Cl.N=C(N)c1ccnc(Sc2nc3ccccc3[nH]2)c1. The van der Waals surface area contributed by atoms with Crippen LogP contribution in [-0.2, 0) is 0 Å². The average molecular weight is 306 g/mol. The van der Waals surface area contributed by atoms with E-state index in [0.717, 1.165) is 21.2 Å². The molecular formula is C13H12ClN5S. The maximum atomic E-state index is 7.42. The van der Waals surface area contributed by atoms with Crippen molar-refractivity contribution in [3.05, 3.63) is 48.2 Å². The van der Waals surface area contributed by atoms with Gasteiger partial charge in [-0.15, -0.1) is 12.4 Å². The Labute approximate surface area is 125 Å². The highest BCUT2D eigenvalue weighted by molar-refractivity contribution is 7.99. The highest BCUT2D eigenvalue weighted by Gasteiger charge is 2.06. The number of nitrogens with one attached hydrogen (secondary N) is 2. The van der Waals surface area contributed by atoms with E-state index < -0.39 is 0 Å². The van der Waals surface area contributed by atoms with Gasteiger partial charge in [0.15, 0.2) is 5.16 Å². The quantitative estimate of drug-likeness (QED) is 0.512. The zero-order valence-corrected chi connectivity index (χ0v) is 12.0. The lowest BCUT2D eigenvalue weighted by atomic mass is 10.2. The molecule has 0 saturated carbocycles. The van der Waals surface area contributed by atoms with Crippen molar-refractivity contribution in [1.82, 2.24) is 15.0 Å². The van der Waals surface area contributed by atoms with Gasteiger partial charge in [-0.2, -0.15) is 0 Å². The Hall–Kier alpha value is -2.05. The van der Waals surface area contributed by atoms with Crippen molar-refractivity contribution in [2.45, 2.75) is 10.2 Å². The molecule has 1 aromatic carbocycles. The highest BCUT2D eigenvalue weighted by atomic mass is 35.5. The molecule has 0 bridgehead atoms. The second-order valence-corrected chi connectivity index (χ2v) is 4.97. The van der Waals surface area contributed by atoms with Crippen LogP contribution in [-0.4, -0.2) is 20.8 Å². The summed E-state index contributed by atoms with van der Waals surface area (Å²) in [6.07, 6.45) is 1.64. The van der Waals surface area contributed by atoms with Crippen LogP contribution in [0, 0.1) is 5.41 Å². The van der Waals surface area contributed by atoms with E-state index in [1.807, 2.05) is 24.3 Å². The molecule has 0 amide bonds. The molecule has 102 valence electrons. The number of para-hydroxylation sites is 2. The fraction of sp³-hybridized carbons (Fsp3) is 0. The van der Waals surface area contributed by atoms with Gasteiger partial charge >= 0.3 is 0 Å². The maximum absolute atomic E-state index is 7.42. The molecule has 3 aromatic rings. The van der Waals surface area contributed by atoms with Gasteiger partial charge in [0.1, 0.15) is 10.9 Å². The molecule has 0 saturated heterocycles. The zero-order valence-electron chi connectivity index (χ0n) is 10.3. The Morgan fingerprint density at radius 2 is 2.05 bits per heavy atom. The molecule has 0 aliphatic rings. The number of pyridine rings is 1. The van der Waals surface area contributed by atoms with Crippen molar-refractivity contribution in [3.8, 4) is 0 Å². The minimum absolute atomic E-state index is 0. The van der Waals surface area contributed by atoms with Gasteiger partial charge in [-0.3, -0.25) is 5.41 Å². The number of nitrogens with two attached hydrogens (primary N) is 1. The number of imidazole rings is 1. The lowest BCUT2D eigenvalue weighted by Crippen LogP contribution is -2.10. The predicted octanol–water partition coefficient (Wildman–Crippen LogP) is 2.81. The Kier molecular flexibility index (Phi) is 4.26.